The monoisotopic (exact) mass is 512 g/mol. The van der Waals surface area contributed by atoms with E-state index in [1.165, 1.54) is 103 Å². The van der Waals surface area contributed by atoms with Gasteiger partial charge in [0.2, 0.25) is 0 Å². The largest absolute Gasteiger partial charge is 0.393 e. The molecule has 8 unspecified atom stereocenters. The molecule has 4 saturated carbocycles. The molecule has 0 aliphatic heterocycles. The number of hydrogen-bond acceptors (Lipinski definition) is 1. The first-order valence-electron chi connectivity index (χ1n) is 17.1. The second kappa shape index (κ2) is 12.9. The molecule has 37 heavy (non-hydrogen) atoms. The van der Waals surface area contributed by atoms with Crippen molar-refractivity contribution in [2.75, 3.05) is 0 Å². The average Bonchev–Trinajstić information content (AvgIpc) is 2.88. The third-order valence-corrected chi connectivity index (χ3v) is 12.8. The van der Waals surface area contributed by atoms with Crippen LogP contribution in [0.3, 0.4) is 0 Å². The van der Waals surface area contributed by atoms with Crippen LogP contribution in [-0.4, -0.2) is 11.2 Å². The molecule has 0 aromatic rings. The van der Waals surface area contributed by atoms with Gasteiger partial charge < -0.3 is 5.11 Å². The Bertz CT molecular complexity index is 731. The van der Waals surface area contributed by atoms with Gasteiger partial charge in [0.15, 0.2) is 0 Å². The third-order valence-electron chi connectivity index (χ3n) is 12.8. The standard InChI is InChI=1S/C28H48O.C8H16/c1-19(2)8-6-9-20(3)24-10-7-11-25-23-13-12-21-18-22(29)14-16-27(21,4)26(23)15-17-28(24,25)5;1-2-8-6-4-3-5-7-8/h12,19-20,22-26,29H,6-11,13-18H2,1-5H3;8H,2-7H2,1H3. The molecule has 5 aliphatic rings. The number of aliphatic hydroxyl groups excluding tert-OH is 1. The number of allylic oxidation sites excluding steroid dienone is 1. The Morgan fingerprint density at radius 1 is 0.865 bits per heavy atom. The van der Waals surface area contributed by atoms with Crippen molar-refractivity contribution in [1.82, 2.24) is 0 Å². The number of hydrogen-bond donors (Lipinski definition) is 1. The third kappa shape index (κ3) is 6.55. The van der Waals surface area contributed by atoms with Crippen molar-refractivity contribution in [3.05, 3.63) is 11.6 Å². The van der Waals surface area contributed by atoms with E-state index in [9.17, 15) is 5.11 Å². The minimum absolute atomic E-state index is 0.0783. The van der Waals surface area contributed by atoms with Gasteiger partial charge in [-0.3, -0.25) is 0 Å². The maximum atomic E-state index is 10.2. The zero-order valence-electron chi connectivity index (χ0n) is 25.9. The van der Waals surface area contributed by atoms with Crippen LogP contribution in [0.15, 0.2) is 11.6 Å². The lowest BCUT2D eigenvalue weighted by Crippen LogP contribution is -2.54. The van der Waals surface area contributed by atoms with Crippen molar-refractivity contribution in [2.24, 2.45) is 52.3 Å². The van der Waals surface area contributed by atoms with Crippen LogP contribution in [0, 0.1) is 52.3 Å². The Morgan fingerprint density at radius 3 is 2.30 bits per heavy atom. The van der Waals surface area contributed by atoms with Gasteiger partial charge in [-0.25, -0.2) is 0 Å². The van der Waals surface area contributed by atoms with E-state index in [0.717, 1.165) is 54.3 Å². The zero-order chi connectivity index (χ0) is 26.6. The molecule has 0 aromatic carbocycles. The average molecular weight is 513 g/mol. The van der Waals surface area contributed by atoms with E-state index < -0.39 is 0 Å². The van der Waals surface area contributed by atoms with Crippen molar-refractivity contribution in [1.29, 1.82) is 0 Å². The molecule has 5 aliphatic carbocycles. The van der Waals surface area contributed by atoms with E-state index in [-0.39, 0.29) is 6.10 Å². The Kier molecular flexibility index (Phi) is 10.4. The van der Waals surface area contributed by atoms with Crippen LogP contribution in [0.2, 0.25) is 0 Å². The molecule has 0 bridgehead atoms. The van der Waals surface area contributed by atoms with Crippen LogP contribution in [0.25, 0.3) is 0 Å². The Hall–Kier alpha value is -0.300. The fourth-order valence-corrected chi connectivity index (χ4v) is 10.5. The van der Waals surface area contributed by atoms with Gasteiger partial charge in [0.1, 0.15) is 0 Å². The second-order valence-corrected chi connectivity index (χ2v) is 15.5. The summed E-state index contributed by atoms with van der Waals surface area (Å²) in [4.78, 5) is 0. The van der Waals surface area contributed by atoms with Crippen LogP contribution in [-0.2, 0) is 0 Å². The van der Waals surface area contributed by atoms with Crippen molar-refractivity contribution in [3.8, 4) is 0 Å². The van der Waals surface area contributed by atoms with E-state index >= 15 is 0 Å². The summed E-state index contributed by atoms with van der Waals surface area (Å²) in [6.07, 6.45) is 27.6. The molecule has 4 fully saturated rings. The molecule has 1 N–H and O–H groups in total. The van der Waals surface area contributed by atoms with Crippen molar-refractivity contribution < 1.29 is 5.11 Å². The first kappa shape index (κ1) is 29.7. The molecule has 0 saturated heterocycles. The van der Waals surface area contributed by atoms with Crippen LogP contribution in [0.5, 0.6) is 0 Å². The van der Waals surface area contributed by atoms with Gasteiger partial charge in [-0.05, 0) is 104 Å². The summed E-state index contributed by atoms with van der Waals surface area (Å²) in [6, 6.07) is 0. The smallest absolute Gasteiger partial charge is 0.0577 e. The van der Waals surface area contributed by atoms with Crippen molar-refractivity contribution in [3.63, 3.8) is 0 Å². The number of aliphatic hydroxyl groups is 1. The molecular formula is C36H64O. The highest BCUT2D eigenvalue weighted by atomic mass is 16.3. The summed E-state index contributed by atoms with van der Waals surface area (Å²) in [5, 5.41) is 10.2. The fraction of sp³-hybridized carbons (Fsp3) is 0.944. The highest BCUT2D eigenvalue weighted by Crippen LogP contribution is 2.66. The van der Waals surface area contributed by atoms with E-state index in [0.29, 0.717) is 10.8 Å². The Labute approximate surface area is 232 Å². The van der Waals surface area contributed by atoms with Crippen molar-refractivity contribution >= 4 is 0 Å². The van der Waals surface area contributed by atoms with Gasteiger partial charge in [-0.1, -0.05) is 117 Å². The van der Waals surface area contributed by atoms with Crippen LogP contribution in [0.4, 0.5) is 0 Å². The highest BCUT2D eigenvalue weighted by molar-refractivity contribution is 5.25. The Balaban J connectivity index is 0.000000342. The first-order chi connectivity index (χ1) is 17.7. The van der Waals surface area contributed by atoms with Gasteiger partial charge in [-0.2, -0.15) is 0 Å². The van der Waals surface area contributed by atoms with Gasteiger partial charge in [-0.15, -0.1) is 0 Å². The zero-order valence-corrected chi connectivity index (χ0v) is 25.9. The van der Waals surface area contributed by atoms with Gasteiger partial charge >= 0.3 is 0 Å². The predicted molar refractivity (Wildman–Crippen MR) is 161 cm³/mol. The molecule has 214 valence electrons. The molecule has 1 nitrogen and oxygen atoms in total. The van der Waals surface area contributed by atoms with E-state index in [1.807, 2.05) is 0 Å². The van der Waals surface area contributed by atoms with Crippen LogP contribution >= 0.6 is 0 Å². The van der Waals surface area contributed by atoms with Crippen molar-refractivity contribution in [2.45, 2.75) is 163 Å². The molecule has 1 heteroatoms. The van der Waals surface area contributed by atoms with E-state index in [2.05, 4.69) is 47.6 Å². The maximum Gasteiger partial charge on any atom is 0.0577 e. The SMILES string of the molecule is CC(C)CCCC(C)C1CCCC2C3CC=C4CC(O)CCC4(C)C3CCC12C.CCC1CCCCC1. The molecule has 0 heterocycles. The molecule has 0 radical (unpaired) electrons. The first-order valence-corrected chi connectivity index (χ1v) is 17.1. The Morgan fingerprint density at radius 2 is 1.62 bits per heavy atom. The summed E-state index contributed by atoms with van der Waals surface area (Å²) in [5.74, 6) is 6.50. The molecule has 0 amide bonds. The lowest BCUT2D eigenvalue weighted by Gasteiger charge is -2.62. The number of fused-ring (bicyclic) bond motifs is 5. The van der Waals surface area contributed by atoms with Crippen LogP contribution < -0.4 is 0 Å². The normalized spacial score (nSPS) is 41.0. The number of rotatable bonds is 6. The van der Waals surface area contributed by atoms with E-state index in [4.69, 9.17) is 0 Å². The quantitative estimate of drug-likeness (QED) is 0.351. The second-order valence-electron chi connectivity index (χ2n) is 15.5. The van der Waals surface area contributed by atoms with Gasteiger partial charge in [0.05, 0.1) is 6.10 Å². The lowest BCUT2D eigenvalue weighted by molar-refractivity contribution is -0.109. The fourth-order valence-electron chi connectivity index (χ4n) is 10.5. The summed E-state index contributed by atoms with van der Waals surface area (Å²) in [7, 11) is 0. The summed E-state index contributed by atoms with van der Waals surface area (Å²) >= 11 is 0. The summed E-state index contributed by atoms with van der Waals surface area (Å²) in [6.45, 7) is 14.9. The lowest BCUT2D eigenvalue weighted by atomic mass is 9.42. The van der Waals surface area contributed by atoms with Crippen LogP contribution in [0.1, 0.15) is 157 Å². The van der Waals surface area contributed by atoms with Gasteiger partial charge in [0, 0.05) is 0 Å². The summed E-state index contributed by atoms with van der Waals surface area (Å²) in [5.41, 5.74) is 2.58. The molecule has 8 atom stereocenters. The molecule has 0 spiro atoms. The molecule has 0 aromatic heterocycles. The highest BCUT2D eigenvalue weighted by Gasteiger charge is 2.57. The van der Waals surface area contributed by atoms with Gasteiger partial charge in [0.25, 0.3) is 0 Å². The molecule has 5 rings (SSSR count). The minimum Gasteiger partial charge on any atom is -0.393 e. The topological polar surface area (TPSA) is 20.2 Å². The summed E-state index contributed by atoms with van der Waals surface area (Å²) < 4.78 is 0. The maximum absolute atomic E-state index is 10.2. The predicted octanol–water partition coefficient (Wildman–Crippen LogP) is 10.8. The van der Waals surface area contributed by atoms with E-state index in [1.54, 1.807) is 5.57 Å². The minimum atomic E-state index is -0.0783. The molecular weight excluding hydrogens is 448 g/mol.